The molecule has 0 radical (unpaired) electrons. The Morgan fingerprint density at radius 1 is 1.38 bits per heavy atom. The molecule has 0 bridgehead atoms. The summed E-state index contributed by atoms with van der Waals surface area (Å²) in [5.74, 6) is 0.374. The normalized spacial score (nSPS) is 15.4. The van der Waals surface area contributed by atoms with Gasteiger partial charge in [0.1, 0.15) is 5.17 Å². The van der Waals surface area contributed by atoms with Crippen LogP contribution in [0.25, 0.3) is 0 Å². The molecule has 0 amide bonds. The van der Waals surface area contributed by atoms with Gasteiger partial charge in [0.25, 0.3) is 0 Å². The summed E-state index contributed by atoms with van der Waals surface area (Å²) in [6.45, 7) is 9.88. The van der Waals surface area contributed by atoms with Gasteiger partial charge in [-0.25, -0.2) is 4.99 Å². The fourth-order valence-electron chi connectivity index (χ4n) is 1.00. The van der Waals surface area contributed by atoms with E-state index in [1.165, 1.54) is 0 Å². The molecule has 0 saturated carbocycles. The minimum absolute atomic E-state index is 0.0736. The highest BCUT2D eigenvalue weighted by Gasteiger charge is 2.13. The van der Waals surface area contributed by atoms with Crippen molar-refractivity contribution in [3.63, 3.8) is 0 Å². The summed E-state index contributed by atoms with van der Waals surface area (Å²) < 4.78 is 0.907. The zero-order chi connectivity index (χ0) is 12.7. The second kappa shape index (κ2) is 8.26. The third kappa shape index (κ3) is 7.42. The van der Waals surface area contributed by atoms with Gasteiger partial charge in [0.05, 0.1) is 6.04 Å². The Bertz CT molecular complexity index is 298. The first-order valence-corrected chi connectivity index (χ1v) is 6.71. The lowest BCUT2D eigenvalue weighted by Crippen LogP contribution is -2.14. The van der Waals surface area contributed by atoms with Crippen molar-refractivity contribution in [3.05, 3.63) is 11.1 Å². The molecule has 0 aliphatic heterocycles. The summed E-state index contributed by atoms with van der Waals surface area (Å²) in [7, 11) is 0. The lowest BCUT2D eigenvalue weighted by atomic mass is 10.0. The molecule has 0 heterocycles. The summed E-state index contributed by atoms with van der Waals surface area (Å²) in [5.41, 5.74) is 0. The maximum absolute atomic E-state index is 5.91. The van der Waals surface area contributed by atoms with Crippen LogP contribution in [0.2, 0.25) is 0 Å². The van der Waals surface area contributed by atoms with E-state index in [4.69, 9.17) is 23.2 Å². The second-order valence-electron chi connectivity index (χ2n) is 3.77. The van der Waals surface area contributed by atoms with Crippen molar-refractivity contribution in [1.82, 2.24) is 0 Å². The molecule has 0 fully saturated rings. The highest BCUT2D eigenvalue weighted by Crippen LogP contribution is 2.19. The van der Waals surface area contributed by atoms with E-state index in [0.717, 1.165) is 10.9 Å². The van der Waals surface area contributed by atoms with E-state index in [1.807, 2.05) is 6.92 Å². The molecular weight excluding hydrogens is 311 g/mol. The monoisotopic (exact) mass is 326 g/mol. The molecule has 0 aromatic heterocycles. The van der Waals surface area contributed by atoms with E-state index in [1.54, 1.807) is 0 Å². The molecule has 0 saturated heterocycles. The van der Waals surface area contributed by atoms with Crippen molar-refractivity contribution in [2.24, 2.45) is 15.9 Å². The van der Waals surface area contributed by atoms with Gasteiger partial charge in [0.2, 0.25) is 5.29 Å². The summed E-state index contributed by atoms with van der Waals surface area (Å²) in [4.78, 5) is 8.30. The molecule has 0 aliphatic carbocycles. The van der Waals surface area contributed by atoms with Crippen LogP contribution in [0.15, 0.2) is 21.0 Å². The van der Waals surface area contributed by atoms with Gasteiger partial charge in [0.15, 0.2) is 0 Å². The molecule has 0 spiro atoms. The van der Waals surface area contributed by atoms with E-state index < -0.39 is 0 Å². The fourth-order valence-corrected chi connectivity index (χ4v) is 1.68. The van der Waals surface area contributed by atoms with Gasteiger partial charge in [-0.3, -0.25) is 4.99 Å². The van der Waals surface area contributed by atoms with Crippen LogP contribution in [0.5, 0.6) is 0 Å². The SMILES string of the molecule is C=C(Br)C[C@H](/N=C(Cl)\N=C(\Cl)CC)C(C)C. The molecule has 0 rings (SSSR count). The Labute approximate surface area is 116 Å². The quantitative estimate of drug-likeness (QED) is 0.387. The maximum Gasteiger partial charge on any atom is 0.219 e. The summed E-state index contributed by atoms with van der Waals surface area (Å²) >= 11 is 15.0. The van der Waals surface area contributed by atoms with Gasteiger partial charge in [-0.15, -0.1) is 0 Å². The van der Waals surface area contributed by atoms with Crippen LogP contribution in [0.1, 0.15) is 33.6 Å². The number of nitrogens with zero attached hydrogens (tertiary/aromatic N) is 2. The van der Waals surface area contributed by atoms with Gasteiger partial charge >= 0.3 is 0 Å². The summed E-state index contributed by atoms with van der Waals surface area (Å²) in [6.07, 6.45) is 1.40. The second-order valence-corrected chi connectivity index (χ2v) is 5.67. The lowest BCUT2D eigenvalue weighted by molar-refractivity contribution is 0.499. The van der Waals surface area contributed by atoms with E-state index in [2.05, 4.69) is 46.3 Å². The van der Waals surface area contributed by atoms with Crippen molar-refractivity contribution in [3.8, 4) is 0 Å². The van der Waals surface area contributed by atoms with E-state index in [-0.39, 0.29) is 11.3 Å². The smallest absolute Gasteiger partial charge is 0.219 e. The third-order valence-corrected chi connectivity index (χ3v) is 2.84. The molecule has 0 aromatic rings. The molecule has 0 N–H and O–H groups in total. The number of halogens is 3. The lowest BCUT2D eigenvalue weighted by Gasteiger charge is -2.15. The Morgan fingerprint density at radius 3 is 2.31 bits per heavy atom. The van der Waals surface area contributed by atoms with Gasteiger partial charge in [-0.2, -0.15) is 0 Å². The predicted octanol–water partition coefficient (Wildman–Crippen LogP) is 4.95. The minimum Gasteiger partial charge on any atom is -0.252 e. The number of hydrogen-bond donors (Lipinski definition) is 0. The Morgan fingerprint density at radius 2 is 1.94 bits per heavy atom. The largest absolute Gasteiger partial charge is 0.252 e. The van der Waals surface area contributed by atoms with Gasteiger partial charge in [-0.05, 0) is 28.4 Å². The van der Waals surface area contributed by atoms with Gasteiger partial charge in [-0.1, -0.05) is 54.9 Å². The summed E-state index contributed by atoms with van der Waals surface area (Å²) in [5, 5.41) is 0.674. The highest BCUT2D eigenvalue weighted by atomic mass is 79.9. The zero-order valence-electron chi connectivity index (χ0n) is 9.80. The van der Waals surface area contributed by atoms with Crippen LogP contribution < -0.4 is 0 Å². The summed E-state index contributed by atoms with van der Waals surface area (Å²) in [6, 6.07) is 0.0736. The molecule has 0 aromatic carbocycles. The Hall–Kier alpha value is 0.140. The zero-order valence-corrected chi connectivity index (χ0v) is 12.9. The topological polar surface area (TPSA) is 24.7 Å². The first-order valence-electron chi connectivity index (χ1n) is 5.16. The van der Waals surface area contributed by atoms with Crippen LogP contribution in [0.4, 0.5) is 0 Å². The number of rotatable bonds is 5. The maximum atomic E-state index is 5.91. The van der Waals surface area contributed by atoms with Crippen LogP contribution in [0.3, 0.4) is 0 Å². The van der Waals surface area contributed by atoms with Crippen molar-refractivity contribution in [2.45, 2.75) is 39.7 Å². The van der Waals surface area contributed by atoms with Crippen LogP contribution in [-0.4, -0.2) is 16.5 Å². The molecular formula is C11H17BrCl2N2. The van der Waals surface area contributed by atoms with Crippen LogP contribution >= 0.6 is 39.1 Å². The van der Waals surface area contributed by atoms with Gasteiger partial charge < -0.3 is 0 Å². The molecule has 2 nitrogen and oxygen atoms in total. The fraction of sp³-hybridized carbons (Fsp3) is 0.636. The Kier molecular flexibility index (Phi) is 8.34. The van der Waals surface area contributed by atoms with Crippen molar-refractivity contribution < 1.29 is 0 Å². The molecule has 1 atom stereocenters. The average molecular weight is 328 g/mol. The first-order chi connectivity index (χ1) is 7.36. The predicted molar refractivity (Wildman–Crippen MR) is 78.2 cm³/mol. The third-order valence-electron chi connectivity index (χ3n) is 1.98. The molecule has 0 unspecified atom stereocenters. The average Bonchev–Trinajstić information content (AvgIpc) is 2.15. The van der Waals surface area contributed by atoms with E-state index in [9.17, 15) is 0 Å². The van der Waals surface area contributed by atoms with Crippen molar-refractivity contribution in [2.75, 3.05) is 0 Å². The molecule has 0 aliphatic rings. The standard InChI is InChI=1S/C11H17BrCl2N2/c1-5-10(13)16-11(14)15-9(7(2)3)6-8(4)12/h7,9H,4-6H2,1-3H3/b15-11-,16-10+/t9-/m0/s1. The molecule has 16 heavy (non-hydrogen) atoms. The van der Waals surface area contributed by atoms with E-state index in [0.29, 0.717) is 17.5 Å². The van der Waals surface area contributed by atoms with Gasteiger partial charge in [0, 0.05) is 6.42 Å². The minimum atomic E-state index is 0.0736. The van der Waals surface area contributed by atoms with E-state index >= 15 is 0 Å². The van der Waals surface area contributed by atoms with Crippen LogP contribution in [-0.2, 0) is 0 Å². The number of hydrogen-bond acceptors (Lipinski definition) is 1. The first kappa shape index (κ1) is 16.1. The molecule has 5 heteroatoms. The molecule has 92 valence electrons. The van der Waals surface area contributed by atoms with Crippen molar-refractivity contribution in [1.29, 1.82) is 0 Å². The van der Waals surface area contributed by atoms with Crippen molar-refractivity contribution >= 4 is 49.6 Å². The van der Waals surface area contributed by atoms with Crippen LogP contribution in [0, 0.1) is 5.92 Å². The number of aliphatic imine (C=N–C) groups is 2. The number of amidine groups is 1. The highest BCUT2D eigenvalue weighted by molar-refractivity contribution is 9.11. The Balaban J connectivity index is 4.71.